The van der Waals surface area contributed by atoms with Gasteiger partial charge < -0.3 is 0 Å². The molecule has 1 aromatic carbocycles. The summed E-state index contributed by atoms with van der Waals surface area (Å²) in [5.74, 6) is 0.520. The Hall–Kier alpha value is -3.02. The number of carbonyl (C=O) groups is 4. The smallest absolute Gasteiger partial charge is 0.260 e. The lowest BCUT2D eigenvalue weighted by atomic mass is 9.63. The molecule has 4 amide bonds. The number of carbonyl (C=O) groups excluding carboxylic acids is 4. The number of hydrogen-bond donors (Lipinski definition) is 1. The molecule has 6 nitrogen and oxygen atoms in total. The van der Waals surface area contributed by atoms with Gasteiger partial charge in [0.25, 0.3) is 17.7 Å². The molecule has 0 saturated heterocycles. The minimum atomic E-state index is -0.370. The average molecular weight is 461 g/mol. The normalized spacial score (nSPS) is 27.1. The first-order valence-electron chi connectivity index (χ1n) is 12.6. The van der Waals surface area contributed by atoms with Crippen LogP contribution in [0, 0.1) is 11.8 Å². The SMILES string of the molecule is CCC(CC)C1CCC(N(C=O)C(=O)C2=CC3c4cc5c(cc4[C@@H]3C=C2C)C(=O)NC5=O)CC1. The van der Waals surface area contributed by atoms with Gasteiger partial charge in [-0.25, -0.2) is 0 Å². The van der Waals surface area contributed by atoms with E-state index in [2.05, 4.69) is 25.2 Å². The van der Waals surface area contributed by atoms with E-state index in [4.69, 9.17) is 0 Å². The van der Waals surface area contributed by atoms with Crippen LogP contribution in [0.1, 0.15) is 103 Å². The van der Waals surface area contributed by atoms with Crippen LogP contribution >= 0.6 is 0 Å². The molecule has 1 unspecified atom stereocenters. The molecule has 178 valence electrons. The van der Waals surface area contributed by atoms with Crippen molar-refractivity contribution in [3.63, 3.8) is 0 Å². The van der Waals surface area contributed by atoms with E-state index in [0.717, 1.165) is 48.3 Å². The molecule has 4 aliphatic rings. The monoisotopic (exact) mass is 460 g/mol. The maximum atomic E-state index is 13.5. The zero-order valence-corrected chi connectivity index (χ0v) is 20.1. The van der Waals surface area contributed by atoms with E-state index in [1.54, 1.807) is 6.07 Å². The third-order valence-electron chi connectivity index (χ3n) is 8.67. The zero-order valence-electron chi connectivity index (χ0n) is 20.1. The Balaban J connectivity index is 1.36. The van der Waals surface area contributed by atoms with Gasteiger partial charge in [0.05, 0.1) is 11.1 Å². The third-order valence-corrected chi connectivity index (χ3v) is 8.67. The van der Waals surface area contributed by atoms with Crippen LogP contribution in [0.4, 0.5) is 0 Å². The molecule has 1 fully saturated rings. The molecule has 1 heterocycles. The molecule has 0 spiro atoms. The van der Waals surface area contributed by atoms with Gasteiger partial charge in [0.2, 0.25) is 6.41 Å². The van der Waals surface area contributed by atoms with E-state index < -0.39 is 0 Å². The second-order valence-corrected chi connectivity index (χ2v) is 10.3. The highest BCUT2D eigenvalue weighted by Crippen LogP contribution is 2.53. The summed E-state index contributed by atoms with van der Waals surface area (Å²) in [6.45, 7) is 6.40. The van der Waals surface area contributed by atoms with Crippen LogP contribution in [-0.2, 0) is 9.59 Å². The number of nitrogens with zero attached hydrogens (tertiary/aromatic N) is 1. The molecular formula is C28H32N2O4. The summed E-state index contributed by atoms with van der Waals surface area (Å²) in [7, 11) is 0. The van der Waals surface area contributed by atoms with Crippen LogP contribution in [-0.4, -0.2) is 35.1 Å². The number of rotatable bonds is 6. The van der Waals surface area contributed by atoms with Gasteiger partial charge in [0, 0.05) is 23.5 Å². The lowest BCUT2D eigenvalue weighted by Gasteiger charge is -2.41. The molecule has 2 atom stereocenters. The quantitative estimate of drug-likeness (QED) is 0.496. The number of fused-ring (bicyclic) bond motifs is 5. The Morgan fingerprint density at radius 1 is 1.00 bits per heavy atom. The van der Waals surface area contributed by atoms with Crippen molar-refractivity contribution in [2.24, 2.45) is 11.8 Å². The number of imide groups is 2. The second-order valence-electron chi connectivity index (χ2n) is 10.3. The molecular weight excluding hydrogens is 428 g/mol. The summed E-state index contributed by atoms with van der Waals surface area (Å²) in [6.07, 6.45) is 11.0. The number of benzene rings is 1. The van der Waals surface area contributed by atoms with Gasteiger partial charge >= 0.3 is 0 Å². The molecule has 5 rings (SSSR count). The molecule has 1 N–H and O–H groups in total. The molecule has 0 bridgehead atoms. The first kappa shape index (κ1) is 22.8. The predicted molar refractivity (Wildman–Crippen MR) is 128 cm³/mol. The first-order valence-corrected chi connectivity index (χ1v) is 12.6. The van der Waals surface area contributed by atoms with Crippen molar-refractivity contribution in [3.8, 4) is 0 Å². The van der Waals surface area contributed by atoms with Crippen LogP contribution in [0.5, 0.6) is 0 Å². The Bertz CT molecular complexity index is 1140. The maximum absolute atomic E-state index is 13.5. The number of allylic oxidation sites excluding steroid dienone is 2. The van der Waals surface area contributed by atoms with Crippen LogP contribution < -0.4 is 5.32 Å². The standard InChI is InChI=1S/C28H32N2O4/c1-4-16(5-2)17-6-8-18(9-7-17)30(14-31)28(34)19-11-21-20(10-15(19)3)22-12-24-25(13-23(21)22)27(33)29-26(24)32/h10-14,16-18,20-21H,4-9H2,1-3H3,(H,29,32,33)/t17?,18?,20-,21?/m1/s1. The van der Waals surface area contributed by atoms with Crippen molar-refractivity contribution in [1.82, 2.24) is 10.2 Å². The summed E-state index contributed by atoms with van der Waals surface area (Å²) in [4.78, 5) is 51.1. The lowest BCUT2D eigenvalue weighted by molar-refractivity contribution is -0.138. The van der Waals surface area contributed by atoms with E-state index >= 15 is 0 Å². The second kappa shape index (κ2) is 8.64. The van der Waals surface area contributed by atoms with Crippen LogP contribution in [0.15, 0.2) is 35.4 Å². The highest BCUT2D eigenvalue weighted by Gasteiger charge is 2.42. The topological polar surface area (TPSA) is 83.6 Å². The highest BCUT2D eigenvalue weighted by molar-refractivity contribution is 6.21. The van der Waals surface area contributed by atoms with Gasteiger partial charge in [-0.2, -0.15) is 0 Å². The highest BCUT2D eigenvalue weighted by atomic mass is 16.2. The average Bonchev–Trinajstić information content (AvgIpc) is 3.12. The fraction of sp³-hybridized carbons (Fsp3) is 0.500. The Kier molecular flexibility index (Phi) is 5.78. The van der Waals surface area contributed by atoms with E-state index in [1.807, 2.05) is 19.1 Å². The van der Waals surface area contributed by atoms with Gasteiger partial charge in [0.1, 0.15) is 0 Å². The molecule has 1 aromatic rings. The van der Waals surface area contributed by atoms with E-state index in [-0.39, 0.29) is 35.6 Å². The van der Waals surface area contributed by atoms with E-state index in [9.17, 15) is 19.2 Å². The first-order chi connectivity index (χ1) is 16.4. The van der Waals surface area contributed by atoms with Crippen LogP contribution in [0.25, 0.3) is 0 Å². The van der Waals surface area contributed by atoms with Crippen molar-refractivity contribution in [1.29, 1.82) is 0 Å². The van der Waals surface area contributed by atoms with Crippen molar-refractivity contribution in [3.05, 3.63) is 57.7 Å². The Labute approximate surface area is 200 Å². The number of nitrogens with one attached hydrogen (secondary N) is 1. The van der Waals surface area contributed by atoms with E-state index in [0.29, 0.717) is 29.0 Å². The summed E-state index contributed by atoms with van der Waals surface area (Å²) < 4.78 is 0. The molecule has 1 aliphatic heterocycles. The summed E-state index contributed by atoms with van der Waals surface area (Å²) >= 11 is 0. The fourth-order valence-corrected chi connectivity index (χ4v) is 6.66. The molecule has 34 heavy (non-hydrogen) atoms. The predicted octanol–water partition coefficient (Wildman–Crippen LogP) is 4.62. The molecule has 0 aromatic heterocycles. The van der Waals surface area contributed by atoms with Gasteiger partial charge in [-0.05, 0) is 73.3 Å². The summed E-state index contributed by atoms with van der Waals surface area (Å²) in [5.41, 5.74) is 4.26. The molecule has 0 radical (unpaired) electrons. The van der Waals surface area contributed by atoms with Crippen molar-refractivity contribution < 1.29 is 19.2 Å². The lowest BCUT2D eigenvalue weighted by Crippen LogP contribution is -2.43. The van der Waals surface area contributed by atoms with Crippen molar-refractivity contribution >= 4 is 24.1 Å². The number of amides is 4. The van der Waals surface area contributed by atoms with Crippen molar-refractivity contribution in [2.75, 3.05) is 0 Å². The van der Waals surface area contributed by atoms with Gasteiger partial charge in [0.15, 0.2) is 0 Å². The molecule has 6 heteroatoms. The zero-order chi connectivity index (χ0) is 24.1. The van der Waals surface area contributed by atoms with Crippen molar-refractivity contribution in [2.45, 2.75) is 77.2 Å². The minimum absolute atomic E-state index is 0.0226. The molecule has 3 aliphatic carbocycles. The maximum Gasteiger partial charge on any atom is 0.260 e. The summed E-state index contributed by atoms with van der Waals surface area (Å²) in [6, 6.07) is 3.55. The fourth-order valence-electron chi connectivity index (χ4n) is 6.66. The largest absolute Gasteiger partial charge is 0.288 e. The Morgan fingerprint density at radius 3 is 2.09 bits per heavy atom. The molecule has 1 saturated carbocycles. The van der Waals surface area contributed by atoms with Crippen LogP contribution in [0.3, 0.4) is 0 Å². The number of hydrogen-bond acceptors (Lipinski definition) is 4. The van der Waals surface area contributed by atoms with Crippen LogP contribution in [0.2, 0.25) is 0 Å². The Morgan fingerprint density at radius 2 is 1.56 bits per heavy atom. The minimum Gasteiger partial charge on any atom is -0.288 e. The summed E-state index contributed by atoms with van der Waals surface area (Å²) in [5, 5.41) is 2.35. The van der Waals surface area contributed by atoms with E-state index in [1.165, 1.54) is 17.7 Å². The van der Waals surface area contributed by atoms with Gasteiger partial charge in [-0.3, -0.25) is 29.4 Å². The van der Waals surface area contributed by atoms with Gasteiger partial charge in [-0.1, -0.05) is 38.8 Å². The third kappa shape index (κ3) is 3.46. The van der Waals surface area contributed by atoms with Gasteiger partial charge in [-0.15, -0.1) is 0 Å².